The van der Waals surface area contributed by atoms with Gasteiger partial charge < -0.3 is 29.6 Å². The predicted molar refractivity (Wildman–Crippen MR) is 161 cm³/mol. The molecule has 1 fully saturated rings. The lowest BCUT2D eigenvalue weighted by molar-refractivity contribution is -0.119. The number of pyridine rings is 1. The van der Waals surface area contributed by atoms with Crippen LogP contribution in [-0.4, -0.2) is 41.4 Å². The molecule has 4 aromatic rings. The van der Waals surface area contributed by atoms with Gasteiger partial charge in [-0.3, -0.25) is 9.78 Å². The number of amides is 1. The van der Waals surface area contributed by atoms with Crippen LogP contribution in [0.15, 0.2) is 79.0 Å². The highest BCUT2D eigenvalue weighted by Gasteiger charge is 2.42. The van der Waals surface area contributed by atoms with Crippen LogP contribution in [0.3, 0.4) is 0 Å². The number of carbonyl (C=O) groups is 1. The number of carbonyl (C=O) groups excluding carboxylic acids is 1. The minimum Gasteiger partial charge on any atom is -0.495 e. The molecule has 1 aliphatic heterocycles. The van der Waals surface area contributed by atoms with Gasteiger partial charge in [0.15, 0.2) is 5.11 Å². The van der Waals surface area contributed by atoms with E-state index < -0.39 is 0 Å². The molecule has 5 rings (SSSR count). The number of aryl methyl sites for hydroxylation is 1. The first-order chi connectivity index (χ1) is 19.4. The fourth-order valence-corrected chi connectivity index (χ4v) is 5.69. The molecule has 2 aromatic heterocycles. The van der Waals surface area contributed by atoms with Crippen molar-refractivity contribution in [1.82, 2.24) is 14.9 Å². The zero-order chi connectivity index (χ0) is 28.2. The average Bonchev–Trinajstić information content (AvgIpc) is 3.45. The average molecular weight is 556 g/mol. The Morgan fingerprint density at radius 1 is 1.05 bits per heavy atom. The molecular weight excluding hydrogens is 522 g/mol. The van der Waals surface area contributed by atoms with Crippen LogP contribution in [0.25, 0.3) is 0 Å². The minimum absolute atomic E-state index is 0.0607. The van der Waals surface area contributed by atoms with Crippen molar-refractivity contribution in [3.05, 3.63) is 107 Å². The Kier molecular flexibility index (Phi) is 8.14. The maximum Gasteiger partial charge on any atom is 0.250 e. The van der Waals surface area contributed by atoms with E-state index in [1.807, 2.05) is 42.5 Å². The van der Waals surface area contributed by atoms with Crippen molar-refractivity contribution in [2.75, 3.05) is 31.0 Å². The van der Waals surface area contributed by atoms with E-state index >= 15 is 0 Å². The van der Waals surface area contributed by atoms with E-state index in [9.17, 15) is 4.79 Å². The molecular formula is C31H33N5O3S. The SMILES string of the molecule is COCC(=O)Nc1cc(N2C(=S)NC(c3ccccn3)C2c2cc(C)n(Cc3ccccc3)c2C)ccc1OC. The smallest absolute Gasteiger partial charge is 0.250 e. The fraction of sp³-hybridized carbons (Fsp3) is 0.258. The van der Waals surface area contributed by atoms with Gasteiger partial charge in [-0.05, 0) is 73.6 Å². The molecule has 2 unspecified atom stereocenters. The van der Waals surface area contributed by atoms with Crippen molar-refractivity contribution >= 4 is 34.6 Å². The standard InChI is InChI=1S/C31H33N5O3S/c1-20-16-24(21(2)35(20)18-22-10-6-5-7-11-22)30-29(25-12-8-9-15-32-25)34-31(40)36(30)23-13-14-27(39-4)26(17-23)33-28(37)19-38-3/h5-17,29-30H,18-19H2,1-4H3,(H,33,37)(H,34,40). The summed E-state index contributed by atoms with van der Waals surface area (Å²) < 4.78 is 12.9. The highest BCUT2D eigenvalue weighted by atomic mass is 32.1. The first-order valence-corrected chi connectivity index (χ1v) is 13.5. The topological polar surface area (TPSA) is 80.7 Å². The molecule has 0 radical (unpaired) electrons. The molecule has 8 nitrogen and oxygen atoms in total. The highest BCUT2D eigenvalue weighted by Crippen LogP contribution is 2.44. The Hall–Kier alpha value is -4.21. The number of thiocarbonyl (C=S) groups is 1. The summed E-state index contributed by atoms with van der Waals surface area (Å²) >= 11 is 5.94. The zero-order valence-corrected chi connectivity index (χ0v) is 23.9. The number of ether oxygens (including phenoxy) is 2. The van der Waals surface area contributed by atoms with Crippen LogP contribution in [0.1, 0.15) is 40.3 Å². The maximum absolute atomic E-state index is 12.4. The molecule has 0 bridgehead atoms. The second-order valence-electron chi connectivity index (χ2n) is 9.76. The van der Waals surface area contributed by atoms with Gasteiger partial charge >= 0.3 is 0 Å². The van der Waals surface area contributed by atoms with Gasteiger partial charge in [-0.2, -0.15) is 0 Å². The number of benzene rings is 2. The third kappa shape index (κ3) is 5.43. The zero-order valence-electron chi connectivity index (χ0n) is 23.0. The van der Waals surface area contributed by atoms with Crippen LogP contribution in [-0.2, 0) is 16.1 Å². The second-order valence-corrected chi connectivity index (χ2v) is 10.1. The van der Waals surface area contributed by atoms with Crippen LogP contribution in [0.2, 0.25) is 0 Å². The van der Waals surface area contributed by atoms with Crippen molar-refractivity contribution in [1.29, 1.82) is 0 Å². The lowest BCUT2D eigenvalue weighted by atomic mass is 9.96. The first-order valence-electron chi connectivity index (χ1n) is 13.1. The van der Waals surface area contributed by atoms with E-state index in [-0.39, 0.29) is 24.6 Å². The van der Waals surface area contributed by atoms with E-state index in [2.05, 4.69) is 69.3 Å². The van der Waals surface area contributed by atoms with Gasteiger partial charge in [0, 0.05) is 36.9 Å². The third-order valence-corrected chi connectivity index (χ3v) is 7.54. The number of hydrogen-bond acceptors (Lipinski definition) is 5. The summed E-state index contributed by atoms with van der Waals surface area (Å²) in [6, 6.07) is 23.9. The lowest BCUT2D eigenvalue weighted by Crippen LogP contribution is -2.29. The molecule has 206 valence electrons. The number of methoxy groups -OCH3 is 2. The number of hydrogen-bond donors (Lipinski definition) is 2. The van der Waals surface area contributed by atoms with Gasteiger partial charge in [-0.1, -0.05) is 36.4 Å². The van der Waals surface area contributed by atoms with Crippen LogP contribution in [0.5, 0.6) is 5.75 Å². The van der Waals surface area contributed by atoms with Gasteiger partial charge in [0.25, 0.3) is 0 Å². The van der Waals surface area contributed by atoms with Gasteiger partial charge in [-0.25, -0.2) is 0 Å². The van der Waals surface area contributed by atoms with Crippen molar-refractivity contribution in [2.24, 2.45) is 0 Å². The molecule has 3 heterocycles. The fourth-order valence-electron chi connectivity index (χ4n) is 5.35. The largest absolute Gasteiger partial charge is 0.495 e. The number of nitrogens with one attached hydrogen (secondary N) is 2. The molecule has 2 N–H and O–H groups in total. The van der Waals surface area contributed by atoms with Crippen LogP contribution in [0, 0.1) is 13.8 Å². The maximum atomic E-state index is 12.4. The molecule has 1 aliphatic rings. The van der Waals surface area contributed by atoms with E-state index in [0.29, 0.717) is 16.5 Å². The predicted octanol–water partition coefficient (Wildman–Crippen LogP) is 5.32. The Morgan fingerprint density at radius 2 is 1.82 bits per heavy atom. The second kappa shape index (κ2) is 11.9. The quantitative estimate of drug-likeness (QED) is 0.271. The molecule has 40 heavy (non-hydrogen) atoms. The molecule has 2 atom stereocenters. The number of nitrogens with zero attached hydrogens (tertiary/aromatic N) is 3. The summed E-state index contributed by atoms with van der Waals surface area (Å²) in [5.74, 6) is 0.276. The van der Waals surface area contributed by atoms with Crippen molar-refractivity contribution in [2.45, 2.75) is 32.5 Å². The molecule has 2 aromatic carbocycles. The summed E-state index contributed by atoms with van der Waals surface area (Å²) in [6.45, 7) is 5.01. The van der Waals surface area contributed by atoms with Gasteiger partial charge in [0.05, 0.1) is 30.6 Å². The van der Waals surface area contributed by atoms with Crippen molar-refractivity contribution < 1.29 is 14.3 Å². The summed E-state index contributed by atoms with van der Waals surface area (Å²) in [4.78, 5) is 19.2. The molecule has 1 amide bonds. The van der Waals surface area contributed by atoms with Crippen molar-refractivity contribution in [3.63, 3.8) is 0 Å². The highest BCUT2D eigenvalue weighted by molar-refractivity contribution is 7.80. The number of anilines is 2. The van der Waals surface area contributed by atoms with E-state index in [1.165, 1.54) is 12.7 Å². The summed E-state index contributed by atoms with van der Waals surface area (Å²) in [5.41, 5.74) is 6.97. The third-order valence-electron chi connectivity index (χ3n) is 7.22. The van der Waals surface area contributed by atoms with Crippen LogP contribution >= 0.6 is 12.2 Å². The Labute approximate surface area is 239 Å². The molecule has 0 saturated carbocycles. The molecule has 9 heteroatoms. The molecule has 1 saturated heterocycles. The molecule has 0 spiro atoms. The van der Waals surface area contributed by atoms with Gasteiger partial charge in [0.1, 0.15) is 12.4 Å². The van der Waals surface area contributed by atoms with E-state index in [1.54, 1.807) is 13.3 Å². The van der Waals surface area contributed by atoms with Gasteiger partial charge in [0.2, 0.25) is 5.91 Å². The first kappa shape index (κ1) is 27.4. The monoisotopic (exact) mass is 555 g/mol. The van der Waals surface area contributed by atoms with Crippen molar-refractivity contribution in [3.8, 4) is 5.75 Å². The van der Waals surface area contributed by atoms with Crippen LogP contribution in [0.4, 0.5) is 11.4 Å². The Morgan fingerprint density at radius 3 is 2.52 bits per heavy atom. The Bertz CT molecular complexity index is 1510. The lowest BCUT2D eigenvalue weighted by Gasteiger charge is -2.29. The normalized spacial score (nSPS) is 16.6. The summed E-state index contributed by atoms with van der Waals surface area (Å²) in [7, 11) is 3.06. The molecule has 0 aliphatic carbocycles. The van der Waals surface area contributed by atoms with Crippen LogP contribution < -0.4 is 20.3 Å². The summed E-state index contributed by atoms with van der Waals surface area (Å²) in [5, 5.41) is 7.00. The Balaban J connectivity index is 1.60. The number of aromatic nitrogens is 2. The van der Waals surface area contributed by atoms with E-state index in [0.717, 1.165) is 34.9 Å². The summed E-state index contributed by atoms with van der Waals surface area (Å²) in [6.07, 6.45) is 1.80. The minimum atomic E-state index is -0.271. The number of rotatable bonds is 9. The van der Waals surface area contributed by atoms with Gasteiger partial charge in [-0.15, -0.1) is 0 Å². The van der Waals surface area contributed by atoms with E-state index in [4.69, 9.17) is 21.7 Å².